The Morgan fingerprint density at radius 1 is 1.04 bits per heavy atom. The minimum atomic E-state index is -0.0668. The predicted octanol–water partition coefficient (Wildman–Crippen LogP) is 7.35. The van der Waals surface area contributed by atoms with Gasteiger partial charge in [-0.3, -0.25) is 9.78 Å². The molecule has 11 heteroatoms. The summed E-state index contributed by atoms with van der Waals surface area (Å²) in [7, 11) is 4.85. The molecule has 0 spiro atoms. The summed E-state index contributed by atoms with van der Waals surface area (Å²) in [5, 5.41) is 4.03. The number of ether oxygens (including phenoxy) is 5. The number of hydrogen-bond acceptors (Lipinski definition) is 8. The van der Waals surface area contributed by atoms with Gasteiger partial charge in [0.25, 0.3) is 5.91 Å². The molecule has 3 atom stereocenters. The Morgan fingerprint density at radius 2 is 1.94 bits per heavy atom. The topological polar surface area (TPSA) is 107 Å². The average molecular weight is 659 g/mol. The highest BCUT2D eigenvalue weighted by Gasteiger charge is 2.46. The molecule has 2 aromatic heterocycles. The van der Waals surface area contributed by atoms with E-state index < -0.39 is 0 Å². The predicted molar refractivity (Wildman–Crippen MR) is 180 cm³/mol. The number of rotatable bonds is 11. The van der Waals surface area contributed by atoms with Crippen molar-refractivity contribution < 1.29 is 28.5 Å². The van der Waals surface area contributed by atoms with Crippen LogP contribution in [0.25, 0.3) is 11.3 Å². The zero-order valence-electron chi connectivity index (χ0n) is 26.8. The first-order valence-corrected chi connectivity index (χ1v) is 16.4. The average Bonchev–Trinajstić information content (AvgIpc) is 3.87. The van der Waals surface area contributed by atoms with Gasteiger partial charge in [-0.25, -0.2) is 0 Å². The smallest absolute Gasteiger partial charge is 0.258 e. The van der Waals surface area contributed by atoms with Crippen LogP contribution in [0, 0.1) is 0 Å². The van der Waals surface area contributed by atoms with Gasteiger partial charge in [0.15, 0.2) is 5.75 Å². The van der Waals surface area contributed by atoms with Crippen molar-refractivity contribution in [2.24, 2.45) is 0 Å². The Labute approximate surface area is 279 Å². The molecule has 3 aliphatic rings. The van der Waals surface area contributed by atoms with Crippen molar-refractivity contribution in [3.63, 3.8) is 0 Å². The quantitative estimate of drug-likeness (QED) is 0.172. The fraction of sp³-hybridized carbons (Fsp3) is 0.389. The van der Waals surface area contributed by atoms with Gasteiger partial charge >= 0.3 is 0 Å². The molecule has 1 amide bonds. The SMILES string of the molecule is COc1ccc(CN2C(=O)c3c([nH]c(-c4ccncc4OC[C@@H]4CCCO4)c3Nc3cccc(Cl)c3OC)C3CCCC32)c(OC)c1. The van der Waals surface area contributed by atoms with Crippen molar-refractivity contribution in [2.45, 2.75) is 56.7 Å². The van der Waals surface area contributed by atoms with Crippen LogP contribution in [-0.2, 0) is 11.3 Å². The largest absolute Gasteiger partial charge is 0.497 e. The molecule has 7 rings (SSSR count). The monoisotopic (exact) mass is 658 g/mol. The van der Waals surface area contributed by atoms with E-state index in [9.17, 15) is 4.79 Å². The third-order valence-electron chi connectivity index (χ3n) is 9.52. The second-order valence-corrected chi connectivity index (χ2v) is 12.5. The van der Waals surface area contributed by atoms with Crippen LogP contribution in [0.5, 0.6) is 23.0 Å². The van der Waals surface area contributed by atoms with Crippen LogP contribution in [0.1, 0.15) is 59.6 Å². The summed E-state index contributed by atoms with van der Waals surface area (Å²) < 4.78 is 29.0. The molecule has 1 saturated heterocycles. The van der Waals surface area contributed by atoms with Gasteiger partial charge in [-0.1, -0.05) is 24.1 Å². The fourth-order valence-electron chi connectivity index (χ4n) is 7.26. The van der Waals surface area contributed by atoms with Gasteiger partial charge in [-0.15, -0.1) is 0 Å². The third kappa shape index (κ3) is 5.85. The highest BCUT2D eigenvalue weighted by atomic mass is 35.5. The van der Waals surface area contributed by atoms with E-state index in [1.165, 1.54) is 0 Å². The second-order valence-electron chi connectivity index (χ2n) is 12.1. The number of carbonyl (C=O) groups excluding carboxylic acids is 1. The van der Waals surface area contributed by atoms with Gasteiger partial charge in [-0.2, -0.15) is 0 Å². The van der Waals surface area contributed by atoms with Gasteiger partial charge in [-0.05, 0) is 56.0 Å². The van der Waals surface area contributed by atoms with Crippen molar-refractivity contribution in [1.29, 1.82) is 0 Å². The number of nitrogens with one attached hydrogen (secondary N) is 2. The summed E-state index contributed by atoms with van der Waals surface area (Å²) in [4.78, 5) is 24.9. The van der Waals surface area contributed by atoms with Crippen LogP contribution < -0.4 is 24.3 Å². The minimum Gasteiger partial charge on any atom is -0.497 e. The lowest BCUT2D eigenvalue weighted by Gasteiger charge is -2.38. The number of amides is 1. The number of aromatic nitrogens is 2. The number of methoxy groups -OCH3 is 3. The number of H-pyrrole nitrogens is 1. The summed E-state index contributed by atoms with van der Waals surface area (Å²) in [5.74, 6) is 2.53. The van der Waals surface area contributed by atoms with Crippen molar-refractivity contribution >= 4 is 28.9 Å². The fourth-order valence-corrected chi connectivity index (χ4v) is 7.51. The number of nitrogens with zero attached hydrogens (tertiary/aromatic N) is 2. The van der Waals surface area contributed by atoms with Crippen LogP contribution in [0.3, 0.4) is 0 Å². The number of halogens is 1. The lowest BCUT2D eigenvalue weighted by Crippen LogP contribution is -2.45. The van der Waals surface area contributed by atoms with Gasteiger partial charge in [0, 0.05) is 54.2 Å². The number of carbonyl (C=O) groups is 1. The molecule has 10 nitrogen and oxygen atoms in total. The maximum Gasteiger partial charge on any atom is 0.258 e. The van der Waals surface area contributed by atoms with E-state index in [1.54, 1.807) is 39.8 Å². The number of fused-ring (bicyclic) bond motifs is 3. The van der Waals surface area contributed by atoms with Crippen molar-refractivity contribution in [2.75, 3.05) is 39.9 Å². The Morgan fingerprint density at radius 3 is 2.72 bits per heavy atom. The third-order valence-corrected chi connectivity index (χ3v) is 9.82. The van der Waals surface area contributed by atoms with Crippen LogP contribution >= 0.6 is 11.6 Å². The maximum absolute atomic E-state index is 14.8. The number of para-hydroxylation sites is 1. The molecule has 4 heterocycles. The zero-order valence-corrected chi connectivity index (χ0v) is 27.6. The molecule has 2 aliphatic heterocycles. The summed E-state index contributed by atoms with van der Waals surface area (Å²) in [6, 6.07) is 13.2. The van der Waals surface area contributed by atoms with Crippen LogP contribution in [0.2, 0.25) is 5.02 Å². The summed E-state index contributed by atoms with van der Waals surface area (Å²) in [6.07, 6.45) is 8.37. The van der Waals surface area contributed by atoms with E-state index in [0.717, 1.165) is 61.2 Å². The van der Waals surface area contributed by atoms with Gasteiger partial charge in [0.05, 0.1) is 61.3 Å². The van der Waals surface area contributed by atoms with E-state index in [1.807, 2.05) is 41.3 Å². The summed E-state index contributed by atoms with van der Waals surface area (Å²) in [5.41, 5.74) is 5.25. The number of aromatic amines is 1. The molecule has 1 saturated carbocycles. The van der Waals surface area contributed by atoms with Crippen molar-refractivity contribution in [1.82, 2.24) is 14.9 Å². The first kappa shape index (κ1) is 31.2. The normalized spacial score (nSPS) is 20.1. The lowest BCUT2D eigenvalue weighted by molar-refractivity contribution is 0.0612. The minimum absolute atomic E-state index is 0.0366. The highest BCUT2D eigenvalue weighted by Crippen LogP contribution is 2.51. The lowest BCUT2D eigenvalue weighted by atomic mass is 9.89. The van der Waals surface area contributed by atoms with E-state index in [4.69, 9.17) is 35.3 Å². The van der Waals surface area contributed by atoms with E-state index in [2.05, 4.69) is 15.3 Å². The molecule has 0 bridgehead atoms. The Hall–Kier alpha value is -4.41. The van der Waals surface area contributed by atoms with E-state index in [-0.39, 0.29) is 24.0 Å². The van der Waals surface area contributed by atoms with Crippen LogP contribution in [-0.4, -0.2) is 67.5 Å². The number of pyridine rings is 1. The Bertz CT molecular complexity index is 1770. The van der Waals surface area contributed by atoms with Crippen molar-refractivity contribution in [3.05, 3.63) is 76.7 Å². The van der Waals surface area contributed by atoms with Crippen molar-refractivity contribution in [3.8, 4) is 34.3 Å². The molecule has 2 fully saturated rings. The van der Waals surface area contributed by atoms with Crippen LogP contribution in [0.15, 0.2) is 54.9 Å². The zero-order chi connectivity index (χ0) is 32.5. The molecule has 1 aliphatic carbocycles. The molecule has 2 aromatic carbocycles. The molecule has 2 unspecified atom stereocenters. The molecular formula is C36H39ClN4O6. The molecule has 4 aromatic rings. The summed E-state index contributed by atoms with van der Waals surface area (Å²) in [6.45, 7) is 1.57. The molecule has 47 heavy (non-hydrogen) atoms. The highest BCUT2D eigenvalue weighted by molar-refractivity contribution is 6.32. The van der Waals surface area contributed by atoms with Gasteiger partial charge in [0.2, 0.25) is 0 Å². The standard InChI is InChI=1S/C36H39ClN4O6/c1-43-22-13-12-21(29(17-22)44-2)19-41-28-11-4-8-24(28)32-31(36(41)42)34(39-27-10-5-9-26(37)35(27)45-3)33(40-32)25-14-15-38-18-30(25)47-20-23-7-6-16-46-23/h5,9-10,12-15,17-18,23-24,28,39-40H,4,6-8,11,16,19-20H2,1-3H3/t23-,24?,28?/m0/s1. The number of benzene rings is 2. The van der Waals surface area contributed by atoms with Crippen LogP contribution in [0.4, 0.5) is 11.4 Å². The second kappa shape index (κ2) is 13.4. The molecular weight excluding hydrogens is 620 g/mol. The number of anilines is 2. The summed E-state index contributed by atoms with van der Waals surface area (Å²) >= 11 is 6.55. The van der Waals surface area contributed by atoms with Gasteiger partial charge in [0.1, 0.15) is 23.9 Å². The molecule has 0 radical (unpaired) electrons. The van der Waals surface area contributed by atoms with Gasteiger partial charge < -0.3 is 38.9 Å². The molecule has 246 valence electrons. The van der Waals surface area contributed by atoms with E-state index in [0.29, 0.717) is 58.1 Å². The number of hydrogen-bond donors (Lipinski definition) is 2. The first-order chi connectivity index (χ1) is 23.0. The maximum atomic E-state index is 14.8. The first-order valence-electron chi connectivity index (χ1n) is 16.1. The Balaban J connectivity index is 1.35. The molecule has 2 N–H and O–H groups in total. The van der Waals surface area contributed by atoms with E-state index >= 15 is 0 Å². The Kier molecular flexibility index (Phi) is 8.88.